The minimum Gasteiger partial charge on any atom is -0.340 e. The molecular formula is C21H27ClN2O3. The highest BCUT2D eigenvalue weighted by atomic mass is 35.5. The number of hydrogen-bond donors (Lipinski definition) is 0. The van der Waals surface area contributed by atoms with Gasteiger partial charge in [0.1, 0.15) is 6.04 Å². The molecular weight excluding hydrogens is 364 g/mol. The van der Waals surface area contributed by atoms with Crippen LogP contribution in [0.2, 0.25) is 5.02 Å². The van der Waals surface area contributed by atoms with Crippen molar-refractivity contribution in [1.82, 2.24) is 9.80 Å². The Morgan fingerprint density at radius 2 is 1.81 bits per heavy atom. The van der Waals surface area contributed by atoms with Crippen LogP contribution in [0.15, 0.2) is 24.3 Å². The van der Waals surface area contributed by atoms with Crippen molar-refractivity contribution in [2.75, 3.05) is 13.1 Å². The van der Waals surface area contributed by atoms with E-state index in [2.05, 4.69) is 20.8 Å². The van der Waals surface area contributed by atoms with E-state index in [9.17, 15) is 14.4 Å². The summed E-state index contributed by atoms with van der Waals surface area (Å²) in [6.07, 6.45) is 2.63. The molecule has 0 radical (unpaired) electrons. The van der Waals surface area contributed by atoms with Gasteiger partial charge in [0.25, 0.3) is 5.91 Å². The van der Waals surface area contributed by atoms with Gasteiger partial charge in [-0.05, 0) is 54.9 Å². The third kappa shape index (κ3) is 4.34. The molecule has 0 N–H and O–H groups in total. The van der Waals surface area contributed by atoms with Crippen LogP contribution in [0.4, 0.5) is 0 Å². The lowest BCUT2D eigenvalue weighted by Gasteiger charge is -2.33. The first-order valence-corrected chi connectivity index (χ1v) is 9.96. The van der Waals surface area contributed by atoms with Gasteiger partial charge in [0.15, 0.2) is 0 Å². The van der Waals surface area contributed by atoms with Crippen molar-refractivity contribution >= 4 is 29.3 Å². The molecule has 1 aromatic carbocycles. The predicted octanol–water partition coefficient (Wildman–Crippen LogP) is 3.76. The number of nitrogens with zero attached hydrogens (tertiary/aromatic N) is 2. The van der Waals surface area contributed by atoms with Gasteiger partial charge in [-0.15, -0.1) is 0 Å². The number of amides is 3. The minimum atomic E-state index is -0.704. The van der Waals surface area contributed by atoms with Gasteiger partial charge < -0.3 is 4.90 Å². The first kappa shape index (κ1) is 19.9. The summed E-state index contributed by atoms with van der Waals surface area (Å²) in [5.74, 6) is -0.258. The maximum atomic E-state index is 13.3. The van der Waals surface area contributed by atoms with E-state index in [4.69, 9.17) is 11.6 Å². The first-order chi connectivity index (χ1) is 12.7. The van der Waals surface area contributed by atoms with Crippen LogP contribution in [0, 0.1) is 11.3 Å². The van der Waals surface area contributed by atoms with E-state index in [0.717, 1.165) is 17.7 Å². The molecule has 5 nitrogen and oxygen atoms in total. The van der Waals surface area contributed by atoms with Gasteiger partial charge in [0.2, 0.25) is 11.8 Å². The van der Waals surface area contributed by atoms with E-state index in [1.807, 2.05) is 4.90 Å². The second-order valence-corrected chi connectivity index (χ2v) is 9.09. The van der Waals surface area contributed by atoms with Crippen LogP contribution in [0.3, 0.4) is 0 Å². The standard InChI is InChI=1S/C21H27ClN2O3/c1-14-10-11-23(13-21(2,3)12-14)20(27)17-8-9-18(25)24(17)19(26)15-4-6-16(22)7-5-15/h4-7,14,17H,8-13H2,1-3H3. The summed E-state index contributed by atoms with van der Waals surface area (Å²) in [4.78, 5) is 41.6. The highest BCUT2D eigenvalue weighted by Crippen LogP contribution is 2.33. The number of benzene rings is 1. The number of imide groups is 1. The molecule has 0 spiro atoms. The molecule has 6 heteroatoms. The summed E-state index contributed by atoms with van der Waals surface area (Å²) >= 11 is 5.89. The predicted molar refractivity (Wildman–Crippen MR) is 104 cm³/mol. The van der Waals surface area contributed by atoms with Crippen molar-refractivity contribution in [2.24, 2.45) is 11.3 Å². The molecule has 1 aromatic rings. The van der Waals surface area contributed by atoms with Gasteiger partial charge in [0.05, 0.1) is 0 Å². The molecule has 0 aliphatic carbocycles. The van der Waals surface area contributed by atoms with Crippen molar-refractivity contribution in [3.8, 4) is 0 Å². The largest absolute Gasteiger partial charge is 0.340 e. The number of rotatable bonds is 2. The van der Waals surface area contributed by atoms with Crippen LogP contribution in [0.1, 0.15) is 56.8 Å². The van der Waals surface area contributed by atoms with Crippen molar-refractivity contribution in [2.45, 2.75) is 52.5 Å². The van der Waals surface area contributed by atoms with E-state index >= 15 is 0 Å². The highest BCUT2D eigenvalue weighted by Gasteiger charge is 2.43. The lowest BCUT2D eigenvalue weighted by Crippen LogP contribution is -2.50. The molecule has 3 rings (SSSR count). The summed E-state index contributed by atoms with van der Waals surface area (Å²) in [6, 6.07) is 5.71. The van der Waals surface area contributed by atoms with E-state index in [1.165, 1.54) is 0 Å². The zero-order valence-electron chi connectivity index (χ0n) is 16.2. The second-order valence-electron chi connectivity index (χ2n) is 8.65. The van der Waals surface area contributed by atoms with Gasteiger partial charge >= 0.3 is 0 Å². The third-order valence-corrected chi connectivity index (χ3v) is 5.78. The lowest BCUT2D eigenvalue weighted by molar-refractivity contribution is -0.140. The quantitative estimate of drug-likeness (QED) is 0.722. The average molecular weight is 391 g/mol. The molecule has 2 atom stereocenters. The van der Waals surface area contributed by atoms with Crippen molar-refractivity contribution in [3.05, 3.63) is 34.9 Å². The summed E-state index contributed by atoms with van der Waals surface area (Å²) in [5.41, 5.74) is 0.399. The minimum absolute atomic E-state index is 0.0270. The van der Waals surface area contributed by atoms with Crippen molar-refractivity contribution < 1.29 is 14.4 Å². The van der Waals surface area contributed by atoms with Crippen LogP contribution < -0.4 is 0 Å². The Morgan fingerprint density at radius 3 is 2.48 bits per heavy atom. The number of halogens is 1. The number of carbonyl (C=O) groups excluding carboxylic acids is 3. The fraction of sp³-hybridized carbons (Fsp3) is 0.571. The normalized spacial score (nSPS) is 25.4. The number of likely N-dealkylation sites (tertiary alicyclic amines) is 2. The van der Waals surface area contributed by atoms with Gasteiger partial charge in [-0.3, -0.25) is 19.3 Å². The Kier molecular flexibility index (Phi) is 5.61. The Balaban J connectivity index is 1.81. The smallest absolute Gasteiger partial charge is 0.261 e. The van der Waals surface area contributed by atoms with Crippen LogP contribution >= 0.6 is 11.6 Å². The summed E-state index contributed by atoms with van der Waals surface area (Å²) in [6.45, 7) is 7.89. The third-order valence-electron chi connectivity index (χ3n) is 5.53. The van der Waals surface area contributed by atoms with Gasteiger partial charge in [0, 0.05) is 30.1 Å². The van der Waals surface area contributed by atoms with Gasteiger partial charge in [-0.1, -0.05) is 32.4 Å². The van der Waals surface area contributed by atoms with Gasteiger partial charge in [-0.2, -0.15) is 0 Å². The Morgan fingerprint density at radius 1 is 1.15 bits per heavy atom. The van der Waals surface area contributed by atoms with E-state index in [1.54, 1.807) is 24.3 Å². The molecule has 2 aliphatic rings. The summed E-state index contributed by atoms with van der Waals surface area (Å²) in [7, 11) is 0. The summed E-state index contributed by atoms with van der Waals surface area (Å²) in [5, 5.41) is 0.521. The van der Waals surface area contributed by atoms with E-state index in [0.29, 0.717) is 36.0 Å². The SMILES string of the molecule is CC1CCN(C(=O)C2CCC(=O)N2C(=O)c2ccc(Cl)cc2)CC(C)(C)C1. The fourth-order valence-electron chi connectivity index (χ4n) is 4.38. The van der Waals surface area contributed by atoms with Crippen molar-refractivity contribution in [3.63, 3.8) is 0 Å². The Labute approximate surface area is 165 Å². The maximum Gasteiger partial charge on any atom is 0.261 e. The molecule has 0 bridgehead atoms. The highest BCUT2D eigenvalue weighted by molar-refractivity contribution is 6.30. The first-order valence-electron chi connectivity index (χ1n) is 9.59. The van der Waals surface area contributed by atoms with Crippen LogP contribution in [0.25, 0.3) is 0 Å². The molecule has 3 amide bonds. The van der Waals surface area contributed by atoms with E-state index < -0.39 is 11.9 Å². The topological polar surface area (TPSA) is 57.7 Å². The van der Waals surface area contributed by atoms with Gasteiger partial charge in [-0.25, -0.2) is 0 Å². The van der Waals surface area contributed by atoms with Crippen LogP contribution in [-0.2, 0) is 9.59 Å². The van der Waals surface area contributed by atoms with E-state index in [-0.39, 0.29) is 23.7 Å². The Hall–Kier alpha value is -1.88. The maximum absolute atomic E-state index is 13.3. The monoisotopic (exact) mass is 390 g/mol. The molecule has 27 heavy (non-hydrogen) atoms. The Bertz CT molecular complexity index is 744. The zero-order chi connectivity index (χ0) is 19.8. The summed E-state index contributed by atoms with van der Waals surface area (Å²) < 4.78 is 0. The van der Waals surface area contributed by atoms with Crippen LogP contribution in [0.5, 0.6) is 0 Å². The molecule has 2 aliphatic heterocycles. The molecule has 2 heterocycles. The molecule has 0 saturated carbocycles. The molecule has 0 aromatic heterocycles. The molecule has 2 saturated heterocycles. The number of hydrogen-bond acceptors (Lipinski definition) is 3. The van der Waals surface area contributed by atoms with Crippen LogP contribution in [-0.4, -0.2) is 46.7 Å². The van der Waals surface area contributed by atoms with Crippen molar-refractivity contribution in [1.29, 1.82) is 0 Å². The molecule has 146 valence electrons. The second kappa shape index (κ2) is 7.63. The average Bonchev–Trinajstić information content (AvgIpc) is 2.91. The molecule has 2 fully saturated rings. The lowest BCUT2D eigenvalue weighted by atomic mass is 9.83. The molecule has 2 unspecified atom stereocenters. The zero-order valence-corrected chi connectivity index (χ0v) is 17.0. The fourth-order valence-corrected chi connectivity index (χ4v) is 4.51. The number of carbonyl (C=O) groups is 3.